The molecule has 31 heavy (non-hydrogen) atoms. The van der Waals surface area contributed by atoms with Crippen molar-refractivity contribution in [1.82, 2.24) is 19.4 Å². The van der Waals surface area contributed by atoms with Crippen molar-refractivity contribution >= 4 is 29.6 Å². The van der Waals surface area contributed by atoms with E-state index in [1.165, 1.54) is 10.5 Å². The Bertz CT molecular complexity index is 971. The molecular formula is C23H26N4O2S2. The third kappa shape index (κ3) is 6.27. The molecule has 0 saturated carbocycles. The zero-order valence-corrected chi connectivity index (χ0v) is 19.1. The Morgan fingerprint density at radius 1 is 1.10 bits per heavy atom. The SMILES string of the molecule is Cn1ccnc1SC1CCN(C(=O)Oc2ccc(CCSc3ccncc3)cc2)CC1. The molecule has 1 amide bonds. The van der Waals surface area contributed by atoms with E-state index in [2.05, 4.69) is 9.97 Å². The summed E-state index contributed by atoms with van der Waals surface area (Å²) in [5.41, 5.74) is 1.23. The summed E-state index contributed by atoms with van der Waals surface area (Å²) < 4.78 is 7.63. The Balaban J connectivity index is 1.19. The van der Waals surface area contributed by atoms with E-state index in [9.17, 15) is 4.79 Å². The molecule has 2 aromatic heterocycles. The van der Waals surface area contributed by atoms with Crippen LogP contribution in [0.15, 0.2) is 71.2 Å². The molecule has 0 N–H and O–H groups in total. The Kier molecular flexibility index (Phi) is 7.53. The van der Waals surface area contributed by atoms with Gasteiger partial charge in [-0.1, -0.05) is 23.9 Å². The van der Waals surface area contributed by atoms with Gasteiger partial charge in [-0.25, -0.2) is 9.78 Å². The Morgan fingerprint density at radius 2 is 1.84 bits per heavy atom. The number of rotatable bonds is 7. The predicted octanol–water partition coefficient (Wildman–Crippen LogP) is 4.91. The molecule has 1 aliphatic rings. The molecule has 0 atom stereocenters. The van der Waals surface area contributed by atoms with Crippen molar-refractivity contribution in [3.8, 4) is 5.75 Å². The van der Waals surface area contributed by atoms with E-state index < -0.39 is 0 Å². The number of imidazole rings is 1. The first-order valence-corrected chi connectivity index (χ1v) is 12.3. The summed E-state index contributed by atoms with van der Waals surface area (Å²) >= 11 is 3.60. The number of pyridine rings is 1. The highest BCUT2D eigenvalue weighted by molar-refractivity contribution is 7.99. The van der Waals surface area contributed by atoms with Gasteiger partial charge < -0.3 is 14.2 Å². The zero-order chi connectivity index (χ0) is 21.5. The maximum Gasteiger partial charge on any atom is 0.415 e. The maximum atomic E-state index is 12.5. The van der Waals surface area contributed by atoms with Crippen molar-refractivity contribution in [3.63, 3.8) is 0 Å². The highest BCUT2D eigenvalue weighted by Gasteiger charge is 2.25. The van der Waals surface area contributed by atoms with Crippen molar-refractivity contribution in [3.05, 3.63) is 66.7 Å². The third-order valence-electron chi connectivity index (χ3n) is 5.19. The predicted molar refractivity (Wildman–Crippen MR) is 125 cm³/mol. The lowest BCUT2D eigenvalue weighted by molar-refractivity contribution is 0.143. The highest BCUT2D eigenvalue weighted by Crippen LogP contribution is 2.29. The van der Waals surface area contributed by atoms with Crippen LogP contribution in [-0.2, 0) is 13.5 Å². The van der Waals surface area contributed by atoms with E-state index in [0.717, 1.165) is 30.2 Å². The number of carbonyl (C=O) groups is 1. The van der Waals surface area contributed by atoms with Gasteiger partial charge in [0, 0.05) is 60.8 Å². The van der Waals surface area contributed by atoms with Crippen LogP contribution in [0.3, 0.4) is 0 Å². The largest absolute Gasteiger partial charge is 0.415 e. The van der Waals surface area contributed by atoms with Crippen molar-refractivity contribution in [1.29, 1.82) is 0 Å². The number of likely N-dealkylation sites (tertiary alicyclic amines) is 1. The number of amides is 1. The minimum absolute atomic E-state index is 0.263. The van der Waals surface area contributed by atoms with Crippen molar-refractivity contribution < 1.29 is 9.53 Å². The number of carbonyl (C=O) groups excluding carboxylic acids is 1. The van der Waals surface area contributed by atoms with Crippen LogP contribution >= 0.6 is 23.5 Å². The van der Waals surface area contributed by atoms with Crippen LogP contribution in [0, 0.1) is 0 Å². The van der Waals surface area contributed by atoms with Crippen LogP contribution in [-0.4, -0.2) is 49.6 Å². The highest BCUT2D eigenvalue weighted by atomic mass is 32.2. The summed E-state index contributed by atoms with van der Waals surface area (Å²) in [6.45, 7) is 1.43. The molecule has 1 aromatic carbocycles. The Morgan fingerprint density at radius 3 is 2.52 bits per heavy atom. The molecule has 4 rings (SSSR count). The monoisotopic (exact) mass is 454 g/mol. The number of thioether (sulfide) groups is 2. The fourth-order valence-electron chi connectivity index (χ4n) is 3.38. The molecule has 162 valence electrons. The van der Waals surface area contributed by atoms with E-state index in [1.54, 1.807) is 16.7 Å². The number of ether oxygens (including phenoxy) is 1. The van der Waals surface area contributed by atoms with Gasteiger partial charge in [-0.15, -0.1) is 11.8 Å². The summed E-state index contributed by atoms with van der Waals surface area (Å²) in [6.07, 6.45) is 9.99. The molecule has 0 bridgehead atoms. The molecule has 1 fully saturated rings. The van der Waals surface area contributed by atoms with Crippen LogP contribution in [0.1, 0.15) is 18.4 Å². The minimum Gasteiger partial charge on any atom is -0.410 e. The topological polar surface area (TPSA) is 60.2 Å². The van der Waals surface area contributed by atoms with Crippen LogP contribution < -0.4 is 4.74 Å². The van der Waals surface area contributed by atoms with Gasteiger partial charge in [0.05, 0.1) is 0 Å². The molecule has 0 spiro atoms. The lowest BCUT2D eigenvalue weighted by Gasteiger charge is -2.30. The number of hydrogen-bond acceptors (Lipinski definition) is 6. The lowest BCUT2D eigenvalue weighted by atomic mass is 10.1. The zero-order valence-electron chi connectivity index (χ0n) is 17.5. The molecule has 1 aliphatic heterocycles. The van der Waals surface area contributed by atoms with Crippen molar-refractivity contribution in [2.75, 3.05) is 18.8 Å². The molecule has 0 aliphatic carbocycles. The summed E-state index contributed by atoms with van der Waals surface area (Å²) in [5, 5.41) is 1.51. The van der Waals surface area contributed by atoms with Gasteiger partial charge in [0.25, 0.3) is 0 Å². The average Bonchev–Trinajstić information content (AvgIpc) is 3.20. The second-order valence-corrected chi connectivity index (χ2v) is 9.85. The summed E-state index contributed by atoms with van der Waals surface area (Å²) in [4.78, 5) is 24.0. The van der Waals surface area contributed by atoms with Gasteiger partial charge in [-0.05, 0) is 49.1 Å². The quantitative estimate of drug-likeness (QED) is 0.473. The number of piperidine rings is 1. The second kappa shape index (κ2) is 10.7. The maximum absolute atomic E-state index is 12.5. The van der Waals surface area contributed by atoms with Crippen LogP contribution in [0.4, 0.5) is 4.79 Å². The second-order valence-electron chi connectivity index (χ2n) is 7.42. The fraction of sp³-hybridized carbons (Fsp3) is 0.348. The standard InChI is InChI=1S/C23H26N4O2S2/c1-26-16-13-25-22(26)31-21-8-14-27(15-9-21)23(28)29-19-4-2-18(3-5-19)10-17-30-20-6-11-24-12-7-20/h2-7,11-13,16,21H,8-10,14-15,17H2,1H3. The number of nitrogens with zero attached hydrogens (tertiary/aromatic N) is 4. The molecular weight excluding hydrogens is 428 g/mol. The summed E-state index contributed by atoms with van der Waals surface area (Å²) in [7, 11) is 2.01. The average molecular weight is 455 g/mol. The third-order valence-corrected chi connectivity index (χ3v) is 7.61. The van der Waals surface area contributed by atoms with Gasteiger partial charge in [0.1, 0.15) is 5.75 Å². The summed E-state index contributed by atoms with van der Waals surface area (Å²) in [5.74, 6) is 1.59. The van der Waals surface area contributed by atoms with Gasteiger partial charge >= 0.3 is 6.09 Å². The number of aromatic nitrogens is 3. The van der Waals surface area contributed by atoms with Gasteiger partial charge in [0.2, 0.25) is 0 Å². The fourth-order valence-corrected chi connectivity index (χ4v) is 5.36. The van der Waals surface area contributed by atoms with E-state index in [4.69, 9.17) is 4.74 Å². The molecule has 3 aromatic rings. The number of hydrogen-bond donors (Lipinski definition) is 0. The molecule has 1 saturated heterocycles. The molecule has 0 radical (unpaired) electrons. The van der Waals surface area contributed by atoms with Crippen molar-refractivity contribution in [2.45, 2.75) is 34.6 Å². The first-order chi connectivity index (χ1) is 15.2. The van der Waals surface area contributed by atoms with E-state index in [1.807, 2.05) is 84.6 Å². The van der Waals surface area contributed by atoms with Gasteiger partial charge in [0.15, 0.2) is 5.16 Å². The number of aryl methyl sites for hydroxylation is 2. The molecule has 0 unspecified atom stereocenters. The van der Waals surface area contributed by atoms with Crippen LogP contribution in [0.25, 0.3) is 0 Å². The normalized spacial score (nSPS) is 14.5. The first-order valence-electron chi connectivity index (χ1n) is 10.4. The molecule has 6 nitrogen and oxygen atoms in total. The lowest BCUT2D eigenvalue weighted by Crippen LogP contribution is -2.40. The van der Waals surface area contributed by atoms with E-state index in [0.29, 0.717) is 24.1 Å². The van der Waals surface area contributed by atoms with Crippen LogP contribution in [0.2, 0.25) is 0 Å². The Hall–Kier alpha value is -2.45. The Labute approximate surface area is 191 Å². The molecule has 8 heteroatoms. The van der Waals surface area contributed by atoms with Crippen LogP contribution in [0.5, 0.6) is 5.75 Å². The van der Waals surface area contributed by atoms with Gasteiger partial charge in [-0.2, -0.15) is 0 Å². The number of benzene rings is 1. The van der Waals surface area contributed by atoms with Gasteiger partial charge in [-0.3, -0.25) is 4.98 Å². The molecule has 3 heterocycles. The van der Waals surface area contributed by atoms with E-state index >= 15 is 0 Å². The van der Waals surface area contributed by atoms with Crippen molar-refractivity contribution in [2.24, 2.45) is 7.05 Å². The first kappa shape index (κ1) is 21.8. The smallest absolute Gasteiger partial charge is 0.410 e. The summed E-state index contributed by atoms with van der Waals surface area (Å²) in [6, 6.07) is 11.9. The minimum atomic E-state index is -0.263. The van der Waals surface area contributed by atoms with E-state index in [-0.39, 0.29) is 6.09 Å².